The van der Waals surface area contributed by atoms with E-state index in [4.69, 9.17) is 9.26 Å². The number of nitrogens with zero attached hydrogens (tertiary/aromatic N) is 2. The zero-order chi connectivity index (χ0) is 17.2. The molecule has 5 heteroatoms. The average Bonchev–Trinajstić information content (AvgIpc) is 3.27. The summed E-state index contributed by atoms with van der Waals surface area (Å²) in [6.07, 6.45) is 5.76. The second-order valence-corrected chi connectivity index (χ2v) is 7.10. The van der Waals surface area contributed by atoms with Crippen LogP contribution in [0.1, 0.15) is 37.9 Å². The van der Waals surface area contributed by atoms with Gasteiger partial charge in [0.15, 0.2) is 5.76 Å². The Morgan fingerprint density at radius 2 is 2.08 bits per heavy atom. The Hall–Kier alpha value is -2.14. The lowest BCUT2D eigenvalue weighted by molar-refractivity contribution is -0.146. The van der Waals surface area contributed by atoms with Crippen molar-refractivity contribution in [3.63, 3.8) is 0 Å². The molecule has 2 fully saturated rings. The van der Waals surface area contributed by atoms with E-state index in [-0.39, 0.29) is 12.0 Å². The first-order valence-corrected chi connectivity index (χ1v) is 9.11. The molecule has 2 aliphatic rings. The number of esters is 1. The van der Waals surface area contributed by atoms with E-state index < -0.39 is 0 Å². The van der Waals surface area contributed by atoms with Crippen molar-refractivity contribution in [3.8, 4) is 11.3 Å². The fraction of sp³-hybridized carbons (Fsp3) is 0.500. The molecule has 2 aromatic rings. The molecule has 0 unspecified atom stereocenters. The van der Waals surface area contributed by atoms with E-state index in [1.165, 1.54) is 26.4 Å². The highest BCUT2D eigenvalue weighted by molar-refractivity contribution is 5.76. The molecular formula is C20H24N2O3. The zero-order valence-electron chi connectivity index (χ0n) is 14.6. The van der Waals surface area contributed by atoms with Gasteiger partial charge in [0, 0.05) is 17.7 Å². The highest BCUT2D eigenvalue weighted by Gasteiger charge is 2.45. The van der Waals surface area contributed by atoms with Crippen LogP contribution in [-0.4, -0.2) is 35.2 Å². The Balaban J connectivity index is 1.55. The van der Waals surface area contributed by atoms with Crippen LogP contribution in [0, 0.1) is 5.92 Å². The third kappa shape index (κ3) is 3.21. The Morgan fingerprint density at radius 3 is 2.88 bits per heavy atom. The molecule has 25 heavy (non-hydrogen) atoms. The Labute approximate surface area is 147 Å². The maximum absolute atomic E-state index is 12.3. The minimum atomic E-state index is -0.164. The molecule has 1 saturated carbocycles. The number of methoxy groups -OCH3 is 1. The van der Waals surface area contributed by atoms with Crippen LogP contribution < -0.4 is 0 Å². The van der Waals surface area contributed by atoms with Gasteiger partial charge in [0.2, 0.25) is 0 Å². The van der Waals surface area contributed by atoms with Gasteiger partial charge in [-0.15, -0.1) is 0 Å². The predicted octanol–water partition coefficient (Wildman–Crippen LogP) is 3.65. The molecule has 1 aromatic carbocycles. The average molecular weight is 340 g/mol. The van der Waals surface area contributed by atoms with E-state index in [1.807, 2.05) is 36.4 Å². The van der Waals surface area contributed by atoms with Crippen molar-refractivity contribution in [2.24, 2.45) is 5.92 Å². The minimum absolute atomic E-state index is 0.128. The number of hydrogen-bond donors (Lipinski definition) is 0. The van der Waals surface area contributed by atoms with Gasteiger partial charge >= 0.3 is 5.97 Å². The van der Waals surface area contributed by atoms with Gasteiger partial charge < -0.3 is 9.26 Å². The van der Waals surface area contributed by atoms with Gasteiger partial charge in [0.05, 0.1) is 13.7 Å². The lowest BCUT2D eigenvalue weighted by Gasteiger charge is -2.32. The van der Waals surface area contributed by atoms with E-state index in [9.17, 15) is 4.79 Å². The number of carbonyl (C=O) groups is 1. The summed E-state index contributed by atoms with van der Waals surface area (Å²) < 4.78 is 10.6. The summed E-state index contributed by atoms with van der Waals surface area (Å²) in [6.45, 7) is 0.612. The largest absolute Gasteiger partial charge is 0.468 e. The lowest BCUT2D eigenvalue weighted by Crippen LogP contribution is -2.42. The molecule has 3 atom stereocenters. The molecule has 5 nitrogen and oxygen atoms in total. The third-order valence-corrected chi connectivity index (χ3v) is 5.66. The van der Waals surface area contributed by atoms with Crippen molar-refractivity contribution in [2.45, 2.75) is 50.7 Å². The van der Waals surface area contributed by atoms with E-state index >= 15 is 0 Å². The van der Waals surface area contributed by atoms with E-state index in [0.717, 1.165) is 29.9 Å². The topological polar surface area (TPSA) is 55.6 Å². The van der Waals surface area contributed by atoms with Gasteiger partial charge in [-0.05, 0) is 25.2 Å². The second kappa shape index (κ2) is 7.00. The summed E-state index contributed by atoms with van der Waals surface area (Å²) in [5.41, 5.74) is 1.88. The lowest BCUT2D eigenvalue weighted by atomic mass is 9.85. The zero-order valence-corrected chi connectivity index (χ0v) is 14.6. The van der Waals surface area contributed by atoms with Gasteiger partial charge in [-0.25, -0.2) is 0 Å². The molecule has 132 valence electrons. The molecule has 1 aromatic heterocycles. The second-order valence-electron chi connectivity index (χ2n) is 7.10. The number of benzene rings is 1. The molecule has 1 aliphatic heterocycles. The van der Waals surface area contributed by atoms with Gasteiger partial charge in [0.25, 0.3) is 0 Å². The fourth-order valence-corrected chi connectivity index (χ4v) is 4.46. The van der Waals surface area contributed by atoms with Crippen molar-refractivity contribution in [1.82, 2.24) is 10.1 Å². The number of fused-ring (bicyclic) bond motifs is 1. The van der Waals surface area contributed by atoms with Crippen LogP contribution in [0.2, 0.25) is 0 Å². The molecule has 0 amide bonds. The summed E-state index contributed by atoms with van der Waals surface area (Å²) in [6, 6.07) is 12.3. The highest BCUT2D eigenvalue weighted by Crippen LogP contribution is 2.41. The summed E-state index contributed by atoms with van der Waals surface area (Å²) in [5.74, 6) is 1.27. The van der Waals surface area contributed by atoms with Crippen molar-refractivity contribution in [3.05, 3.63) is 42.2 Å². The highest BCUT2D eigenvalue weighted by atomic mass is 16.5. The number of carbonyl (C=O) groups excluding carboxylic acids is 1. The monoisotopic (exact) mass is 340 g/mol. The normalized spacial score (nSPS) is 26.4. The molecule has 0 N–H and O–H groups in total. The van der Waals surface area contributed by atoms with Crippen molar-refractivity contribution < 1.29 is 14.1 Å². The molecule has 0 bridgehead atoms. The van der Waals surface area contributed by atoms with Crippen molar-refractivity contribution >= 4 is 5.97 Å². The van der Waals surface area contributed by atoms with Gasteiger partial charge in [-0.2, -0.15) is 0 Å². The number of rotatable bonds is 4. The summed E-state index contributed by atoms with van der Waals surface area (Å²) in [5, 5.41) is 4.20. The quantitative estimate of drug-likeness (QED) is 0.795. The fourth-order valence-electron chi connectivity index (χ4n) is 4.46. The summed E-state index contributed by atoms with van der Waals surface area (Å²) in [7, 11) is 1.48. The maximum Gasteiger partial charge on any atom is 0.323 e. The number of hydrogen-bond acceptors (Lipinski definition) is 5. The summed E-state index contributed by atoms with van der Waals surface area (Å²) >= 11 is 0. The maximum atomic E-state index is 12.3. The first kappa shape index (κ1) is 16.3. The van der Waals surface area contributed by atoms with Crippen LogP contribution in [0.4, 0.5) is 0 Å². The first-order chi connectivity index (χ1) is 12.3. The smallest absolute Gasteiger partial charge is 0.323 e. The number of likely N-dealkylation sites (tertiary alicyclic amines) is 1. The molecule has 1 saturated heterocycles. The molecular weight excluding hydrogens is 316 g/mol. The van der Waals surface area contributed by atoms with Crippen LogP contribution in [0.15, 0.2) is 40.9 Å². The molecule has 4 rings (SSSR count). The molecule has 1 aliphatic carbocycles. The third-order valence-electron chi connectivity index (χ3n) is 5.66. The van der Waals surface area contributed by atoms with Gasteiger partial charge in [0.1, 0.15) is 11.7 Å². The van der Waals surface area contributed by atoms with Crippen LogP contribution in [-0.2, 0) is 16.1 Å². The minimum Gasteiger partial charge on any atom is -0.468 e. The standard InChI is InChI=1S/C20H24N2O3/c1-24-20(23)19-11-15-9-5-6-10-18(15)22(19)13-16-12-17(21-25-16)14-7-3-2-4-8-14/h2-4,7-8,12,15,18-19H,5-6,9-11,13H2,1H3/t15-,18+,19+/m1/s1. The first-order valence-electron chi connectivity index (χ1n) is 9.11. The molecule has 2 heterocycles. The molecule has 0 radical (unpaired) electrons. The van der Waals surface area contributed by atoms with E-state index in [0.29, 0.717) is 18.5 Å². The Bertz CT molecular complexity index is 728. The van der Waals surface area contributed by atoms with Crippen LogP contribution in [0.5, 0.6) is 0 Å². The predicted molar refractivity (Wildman–Crippen MR) is 93.6 cm³/mol. The Kier molecular flexibility index (Phi) is 4.57. The van der Waals surface area contributed by atoms with Crippen LogP contribution in [0.25, 0.3) is 11.3 Å². The van der Waals surface area contributed by atoms with Crippen LogP contribution >= 0.6 is 0 Å². The molecule has 0 spiro atoms. The number of aromatic nitrogens is 1. The van der Waals surface area contributed by atoms with Crippen LogP contribution in [0.3, 0.4) is 0 Å². The van der Waals surface area contributed by atoms with E-state index in [2.05, 4.69) is 10.1 Å². The van der Waals surface area contributed by atoms with E-state index in [1.54, 1.807) is 0 Å². The van der Waals surface area contributed by atoms with Gasteiger partial charge in [-0.1, -0.05) is 48.3 Å². The van der Waals surface area contributed by atoms with Crippen molar-refractivity contribution in [2.75, 3.05) is 7.11 Å². The SMILES string of the molecule is COC(=O)[C@@H]1C[C@H]2CCCC[C@@H]2N1Cc1cc(-c2ccccc2)no1. The van der Waals surface area contributed by atoms with Crippen molar-refractivity contribution in [1.29, 1.82) is 0 Å². The van der Waals surface area contributed by atoms with Gasteiger partial charge in [-0.3, -0.25) is 9.69 Å². The Morgan fingerprint density at radius 1 is 1.28 bits per heavy atom. The summed E-state index contributed by atoms with van der Waals surface area (Å²) in [4.78, 5) is 14.6. The number of ether oxygens (including phenoxy) is 1.